The van der Waals surface area contributed by atoms with Crippen molar-refractivity contribution >= 4 is 5.91 Å². The lowest BCUT2D eigenvalue weighted by atomic mass is 9.85. The van der Waals surface area contributed by atoms with Crippen LogP contribution in [0.15, 0.2) is 0 Å². The van der Waals surface area contributed by atoms with E-state index < -0.39 is 0 Å². The van der Waals surface area contributed by atoms with Crippen LogP contribution in [-0.4, -0.2) is 23.8 Å². The molecule has 2 heterocycles. The van der Waals surface area contributed by atoms with Crippen LogP contribution in [0, 0.1) is 5.92 Å². The Morgan fingerprint density at radius 2 is 2.15 bits per heavy atom. The first-order chi connectivity index (χ1) is 6.01. The molecule has 0 radical (unpaired) electrons. The zero-order valence-electron chi connectivity index (χ0n) is 8.35. The van der Waals surface area contributed by atoms with E-state index in [9.17, 15) is 4.79 Å². The van der Waals surface area contributed by atoms with E-state index in [0.29, 0.717) is 12.3 Å². The Balaban J connectivity index is 2.14. The van der Waals surface area contributed by atoms with Crippen LogP contribution in [-0.2, 0) is 4.79 Å². The SMILES string of the molecule is CC(C)C1(C)CC(=O)NC2NC2N1. The number of carbonyl (C=O) groups is 1. The predicted molar refractivity (Wildman–Crippen MR) is 49.9 cm³/mol. The minimum atomic E-state index is -0.0764. The van der Waals surface area contributed by atoms with Crippen LogP contribution in [0.2, 0.25) is 0 Å². The van der Waals surface area contributed by atoms with Crippen molar-refractivity contribution in [3.8, 4) is 0 Å². The van der Waals surface area contributed by atoms with Crippen molar-refractivity contribution in [2.24, 2.45) is 5.92 Å². The molecular weight excluding hydrogens is 166 g/mol. The predicted octanol–water partition coefficient (Wildman–Crippen LogP) is -0.234. The molecule has 4 heteroatoms. The van der Waals surface area contributed by atoms with Gasteiger partial charge >= 0.3 is 0 Å². The first-order valence-electron chi connectivity index (χ1n) is 4.84. The van der Waals surface area contributed by atoms with E-state index in [0.717, 1.165) is 0 Å². The summed E-state index contributed by atoms with van der Waals surface area (Å²) < 4.78 is 0. The van der Waals surface area contributed by atoms with Gasteiger partial charge in [0.15, 0.2) is 0 Å². The zero-order valence-corrected chi connectivity index (χ0v) is 8.35. The van der Waals surface area contributed by atoms with Crippen molar-refractivity contribution in [1.29, 1.82) is 0 Å². The van der Waals surface area contributed by atoms with Gasteiger partial charge in [0.25, 0.3) is 0 Å². The van der Waals surface area contributed by atoms with Gasteiger partial charge in [-0.1, -0.05) is 13.8 Å². The number of carbonyl (C=O) groups excluding carboxylic acids is 1. The molecule has 0 saturated carbocycles. The first kappa shape index (κ1) is 8.97. The third-order valence-electron chi connectivity index (χ3n) is 3.19. The third-order valence-corrected chi connectivity index (χ3v) is 3.19. The van der Waals surface area contributed by atoms with Gasteiger partial charge < -0.3 is 5.32 Å². The molecule has 13 heavy (non-hydrogen) atoms. The summed E-state index contributed by atoms with van der Waals surface area (Å²) in [6, 6.07) is 0. The van der Waals surface area contributed by atoms with Crippen LogP contribution in [0.25, 0.3) is 0 Å². The molecule has 0 aromatic carbocycles. The summed E-state index contributed by atoms with van der Waals surface area (Å²) in [4.78, 5) is 11.4. The van der Waals surface area contributed by atoms with E-state index in [1.54, 1.807) is 0 Å². The summed E-state index contributed by atoms with van der Waals surface area (Å²) in [5.41, 5.74) is -0.0764. The van der Waals surface area contributed by atoms with Crippen molar-refractivity contribution in [2.45, 2.75) is 45.1 Å². The molecule has 3 N–H and O–H groups in total. The van der Waals surface area contributed by atoms with Crippen LogP contribution >= 0.6 is 0 Å². The molecule has 0 aromatic heterocycles. The minimum absolute atomic E-state index is 0.0764. The second-order valence-corrected chi connectivity index (χ2v) is 4.58. The van der Waals surface area contributed by atoms with Crippen molar-refractivity contribution in [1.82, 2.24) is 16.0 Å². The molecule has 1 amide bonds. The third kappa shape index (κ3) is 1.56. The molecule has 74 valence electrons. The number of hydrogen-bond donors (Lipinski definition) is 3. The van der Waals surface area contributed by atoms with Crippen LogP contribution in [0.4, 0.5) is 0 Å². The molecule has 4 nitrogen and oxygen atoms in total. The monoisotopic (exact) mass is 183 g/mol. The van der Waals surface area contributed by atoms with Gasteiger partial charge in [0, 0.05) is 12.0 Å². The lowest BCUT2D eigenvalue weighted by Crippen LogP contribution is -2.50. The molecule has 0 aromatic rings. The van der Waals surface area contributed by atoms with Gasteiger partial charge in [-0.05, 0) is 12.8 Å². The van der Waals surface area contributed by atoms with E-state index in [-0.39, 0.29) is 23.8 Å². The average molecular weight is 183 g/mol. The van der Waals surface area contributed by atoms with Gasteiger partial charge in [-0.25, -0.2) is 0 Å². The van der Waals surface area contributed by atoms with E-state index in [2.05, 4.69) is 36.7 Å². The second kappa shape index (κ2) is 2.69. The summed E-state index contributed by atoms with van der Waals surface area (Å²) in [6.45, 7) is 6.39. The molecule has 2 fully saturated rings. The van der Waals surface area contributed by atoms with Crippen molar-refractivity contribution < 1.29 is 4.79 Å². The first-order valence-corrected chi connectivity index (χ1v) is 4.84. The molecular formula is C9H17N3O. The second-order valence-electron chi connectivity index (χ2n) is 4.58. The van der Waals surface area contributed by atoms with Crippen molar-refractivity contribution in [2.75, 3.05) is 0 Å². The fourth-order valence-electron chi connectivity index (χ4n) is 1.72. The number of hydrogen-bond acceptors (Lipinski definition) is 3. The maximum atomic E-state index is 11.4. The summed E-state index contributed by atoms with van der Waals surface area (Å²) in [6.07, 6.45) is 1.01. The quantitative estimate of drug-likeness (QED) is 0.492. The van der Waals surface area contributed by atoms with Crippen molar-refractivity contribution in [3.63, 3.8) is 0 Å². The Kier molecular flexibility index (Phi) is 1.85. The normalized spacial score (nSPS) is 43.8. The molecule has 3 atom stereocenters. The van der Waals surface area contributed by atoms with Gasteiger partial charge in [0.05, 0.1) is 6.17 Å². The molecule has 0 aliphatic carbocycles. The molecule has 2 aliphatic heterocycles. The van der Waals surface area contributed by atoms with Gasteiger partial charge in [-0.3, -0.25) is 15.4 Å². The molecule has 2 aliphatic rings. The van der Waals surface area contributed by atoms with Gasteiger partial charge in [0.2, 0.25) is 5.91 Å². The maximum absolute atomic E-state index is 11.4. The molecule has 0 spiro atoms. The highest BCUT2D eigenvalue weighted by atomic mass is 16.2. The minimum Gasteiger partial charge on any atom is -0.338 e. The molecule has 3 unspecified atom stereocenters. The zero-order chi connectivity index (χ0) is 9.64. The number of fused-ring (bicyclic) bond motifs is 1. The Bertz CT molecular complexity index is 241. The lowest BCUT2D eigenvalue weighted by Gasteiger charge is -2.33. The fraction of sp³-hybridized carbons (Fsp3) is 0.889. The average Bonchev–Trinajstić information content (AvgIpc) is 2.64. The molecule has 2 rings (SSSR count). The highest BCUT2D eigenvalue weighted by molar-refractivity contribution is 5.78. The summed E-state index contributed by atoms with van der Waals surface area (Å²) >= 11 is 0. The topological polar surface area (TPSA) is 63.1 Å². The Morgan fingerprint density at radius 3 is 2.77 bits per heavy atom. The number of nitrogens with one attached hydrogen (secondary N) is 3. The summed E-state index contributed by atoms with van der Waals surface area (Å²) in [5.74, 6) is 0.598. The smallest absolute Gasteiger partial charge is 0.223 e. The van der Waals surface area contributed by atoms with E-state index in [1.807, 2.05) is 0 Å². The highest BCUT2D eigenvalue weighted by Crippen LogP contribution is 2.26. The van der Waals surface area contributed by atoms with Crippen LogP contribution in [0.3, 0.4) is 0 Å². The van der Waals surface area contributed by atoms with Crippen LogP contribution in [0.1, 0.15) is 27.2 Å². The maximum Gasteiger partial charge on any atom is 0.223 e. The lowest BCUT2D eigenvalue weighted by molar-refractivity contribution is -0.122. The van der Waals surface area contributed by atoms with E-state index >= 15 is 0 Å². The number of amides is 1. The molecule has 2 saturated heterocycles. The fourth-order valence-corrected chi connectivity index (χ4v) is 1.72. The Labute approximate surface area is 78.5 Å². The van der Waals surface area contributed by atoms with E-state index in [1.165, 1.54) is 0 Å². The summed E-state index contributed by atoms with van der Waals surface area (Å²) in [5, 5.41) is 9.55. The summed E-state index contributed by atoms with van der Waals surface area (Å²) in [7, 11) is 0. The van der Waals surface area contributed by atoms with Gasteiger partial charge in [-0.2, -0.15) is 0 Å². The Hall–Kier alpha value is -0.610. The molecule has 0 bridgehead atoms. The van der Waals surface area contributed by atoms with Crippen molar-refractivity contribution in [3.05, 3.63) is 0 Å². The standard InChI is InChI=1S/C9H17N3O/c1-5(2)9(3)4-6(13)10-7-8(11-7)12-9/h5,7-8,11-12H,4H2,1-3H3,(H,10,13). The Morgan fingerprint density at radius 1 is 1.46 bits per heavy atom. The van der Waals surface area contributed by atoms with Gasteiger partial charge in [-0.15, -0.1) is 0 Å². The van der Waals surface area contributed by atoms with Crippen LogP contribution < -0.4 is 16.0 Å². The van der Waals surface area contributed by atoms with E-state index in [4.69, 9.17) is 0 Å². The highest BCUT2D eigenvalue weighted by Gasteiger charge is 2.47. The largest absolute Gasteiger partial charge is 0.338 e. The van der Waals surface area contributed by atoms with Crippen LogP contribution in [0.5, 0.6) is 0 Å². The van der Waals surface area contributed by atoms with Gasteiger partial charge in [0.1, 0.15) is 6.17 Å². The number of rotatable bonds is 1.